The molecule has 0 saturated heterocycles. The van der Waals surface area contributed by atoms with Crippen molar-refractivity contribution in [2.45, 2.75) is 0 Å². The van der Waals surface area contributed by atoms with E-state index in [1.807, 2.05) is 0 Å². The first kappa shape index (κ1) is 18.2. The average Bonchev–Trinajstić information content (AvgIpc) is 2.69. The minimum absolute atomic E-state index is 0.0514. The number of hydrogen-bond acceptors (Lipinski definition) is 5. The van der Waals surface area contributed by atoms with Crippen molar-refractivity contribution in [2.24, 2.45) is 0 Å². The van der Waals surface area contributed by atoms with E-state index in [0.29, 0.717) is 0 Å². The smallest absolute Gasteiger partial charge is 0.343 e. The van der Waals surface area contributed by atoms with Crippen LogP contribution in [0.3, 0.4) is 0 Å². The van der Waals surface area contributed by atoms with E-state index in [1.54, 1.807) is 18.2 Å². The Bertz CT molecular complexity index is 1180. The third-order valence-corrected chi connectivity index (χ3v) is 5.13. The summed E-state index contributed by atoms with van der Waals surface area (Å²) in [6.45, 7) is 0. The van der Waals surface area contributed by atoms with Gasteiger partial charge in [-0.3, -0.25) is 9.59 Å². The lowest BCUT2D eigenvalue weighted by atomic mass is 9.83. The van der Waals surface area contributed by atoms with Crippen LogP contribution in [0.4, 0.5) is 0 Å². The molecule has 4 rings (SSSR count). The van der Waals surface area contributed by atoms with Gasteiger partial charge in [0.15, 0.2) is 23.1 Å². The van der Waals surface area contributed by atoms with Crippen LogP contribution in [0.1, 0.15) is 42.2 Å². The molecule has 0 aliphatic heterocycles. The topological polar surface area (TPSA) is 80.7 Å². The summed E-state index contributed by atoms with van der Waals surface area (Å²) in [5.41, 5.74) is 0.418. The Morgan fingerprint density at radius 2 is 1.50 bits per heavy atom. The molecule has 0 spiro atoms. The number of ketones is 2. The minimum atomic E-state index is -0.802. The Morgan fingerprint density at radius 1 is 0.821 bits per heavy atom. The zero-order chi connectivity index (χ0) is 20.0. The molecule has 28 heavy (non-hydrogen) atoms. The lowest BCUT2D eigenvalue weighted by molar-refractivity contribution is 0.0728. The Kier molecular flexibility index (Phi) is 4.41. The van der Waals surface area contributed by atoms with E-state index in [9.17, 15) is 19.5 Å². The van der Waals surface area contributed by atoms with Gasteiger partial charge in [0.05, 0.1) is 21.2 Å². The van der Waals surface area contributed by atoms with Gasteiger partial charge >= 0.3 is 5.97 Å². The molecule has 3 aromatic carbocycles. The predicted octanol–water partition coefficient (Wildman–Crippen LogP) is 4.69. The van der Waals surface area contributed by atoms with Gasteiger partial charge in [-0.05, 0) is 30.3 Å². The maximum absolute atomic E-state index is 12.8. The van der Waals surface area contributed by atoms with Gasteiger partial charge in [0.25, 0.3) is 0 Å². The number of phenols is 1. The molecule has 3 aromatic rings. The molecule has 5 nitrogen and oxygen atoms in total. The van der Waals surface area contributed by atoms with Gasteiger partial charge in [-0.1, -0.05) is 47.5 Å². The molecule has 0 atom stereocenters. The van der Waals surface area contributed by atoms with E-state index < -0.39 is 17.5 Å². The number of rotatable bonds is 2. The van der Waals surface area contributed by atoms with Crippen LogP contribution >= 0.6 is 23.2 Å². The molecule has 0 amide bonds. The van der Waals surface area contributed by atoms with Crippen molar-refractivity contribution in [3.63, 3.8) is 0 Å². The standard InChI is InChI=1S/C21H10Cl2O5/c22-14-7-5-10(9-15(14)23)21(27)28-16-8-6-13-17(20(16)26)19(25)12-4-2-1-3-11(12)18(13)24/h1-9,26H. The highest BCUT2D eigenvalue weighted by atomic mass is 35.5. The van der Waals surface area contributed by atoms with Crippen molar-refractivity contribution < 1.29 is 24.2 Å². The van der Waals surface area contributed by atoms with Crippen LogP contribution in [-0.4, -0.2) is 22.6 Å². The molecule has 7 heteroatoms. The van der Waals surface area contributed by atoms with Gasteiger partial charge in [-0.2, -0.15) is 0 Å². The maximum Gasteiger partial charge on any atom is 0.343 e. The van der Waals surface area contributed by atoms with Crippen molar-refractivity contribution in [1.82, 2.24) is 0 Å². The number of esters is 1. The van der Waals surface area contributed by atoms with Crippen LogP contribution < -0.4 is 4.74 Å². The van der Waals surface area contributed by atoms with Crippen molar-refractivity contribution in [2.75, 3.05) is 0 Å². The number of aromatic hydroxyl groups is 1. The lowest BCUT2D eigenvalue weighted by Crippen LogP contribution is -2.21. The van der Waals surface area contributed by atoms with Gasteiger partial charge in [0, 0.05) is 16.7 Å². The summed E-state index contributed by atoms with van der Waals surface area (Å²) in [6, 6.07) is 13.1. The molecule has 0 aromatic heterocycles. The van der Waals surface area contributed by atoms with Crippen LogP contribution in [0, 0.1) is 0 Å². The van der Waals surface area contributed by atoms with Crippen LogP contribution in [0.5, 0.6) is 11.5 Å². The molecule has 0 bridgehead atoms. The number of carbonyl (C=O) groups is 3. The largest absolute Gasteiger partial charge is 0.504 e. The zero-order valence-corrected chi connectivity index (χ0v) is 15.5. The van der Waals surface area contributed by atoms with Gasteiger partial charge < -0.3 is 9.84 Å². The number of benzene rings is 3. The molecule has 1 aliphatic rings. The molecule has 0 heterocycles. The molecule has 0 unspecified atom stereocenters. The highest BCUT2D eigenvalue weighted by Gasteiger charge is 2.33. The molecule has 1 aliphatic carbocycles. The molecule has 138 valence electrons. The first-order chi connectivity index (χ1) is 13.4. The molecular weight excluding hydrogens is 403 g/mol. The summed E-state index contributed by atoms with van der Waals surface area (Å²) in [7, 11) is 0. The van der Waals surface area contributed by atoms with Crippen molar-refractivity contribution >= 4 is 40.7 Å². The van der Waals surface area contributed by atoms with Gasteiger partial charge in [0.2, 0.25) is 0 Å². The third-order valence-electron chi connectivity index (χ3n) is 4.39. The number of carbonyl (C=O) groups excluding carboxylic acids is 3. The number of fused-ring (bicyclic) bond motifs is 2. The average molecular weight is 413 g/mol. The predicted molar refractivity (Wildman–Crippen MR) is 103 cm³/mol. The molecule has 0 radical (unpaired) electrons. The Hall–Kier alpha value is -3.15. The molecule has 0 saturated carbocycles. The maximum atomic E-state index is 12.8. The van der Waals surface area contributed by atoms with E-state index in [1.165, 1.54) is 36.4 Å². The highest BCUT2D eigenvalue weighted by molar-refractivity contribution is 6.42. The summed E-state index contributed by atoms with van der Waals surface area (Å²) in [5.74, 6) is -2.52. The third kappa shape index (κ3) is 2.85. The minimum Gasteiger partial charge on any atom is -0.504 e. The van der Waals surface area contributed by atoms with Gasteiger partial charge in [0.1, 0.15) is 0 Å². The van der Waals surface area contributed by atoms with Gasteiger partial charge in [-0.15, -0.1) is 0 Å². The van der Waals surface area contributed by atoms with E-state index in [-0.39, 0.29) is 49.4 Å². The molecular formula is C21H10Cl2O5. The van der Waals surface area contributed by atoms with Crippen molar-refractivity contribution in [3.05, 3.63) is 92.5 Å². The van der Waals surface area contributed by atoms with Crippen molar-refractivity contribution in [3.8, 4) is 11.5 Å². The summed E-state index contributed by atoms with van der Waals surface area (Å²) < 4.78 is 5.21. The zero-order valence-electron chi connectivity index (χ0n) is 14.0. The summed E-state index contributed by atoms with van der Waals surface area (Å²) in [4.78, 5) is 37.8. The van der Waals surface area contributed by atoms with E-state index >= 15 is 0 Å². The summed E-state index contributed by atoms with van der Waals surface area (Å²) >= 11 is 11.7. The fourth-order valence-corrected chi connectivity index (χ4v) is 3.31. The fraction of sp³-hybridized carbons (Fsp3) is 0. The molecule has 0 fully saturated rings. The fourth-order valence-electron chi connectivity index (χ4n) is 3.01. The quantitative estimate of drug-likeness (QED) is 0.381. The van der Waals surface area contributed by atoms with E-state index in [0.717, 1.165) is 0 Å². The second-order valence-electron chi connectivity index (χ2n) is 6.06. The van der Waals surface area contributed by atoms with Crippen LogP contribution in [0.25, 0.3) is 0 Å². The normalized spacial score (nSPS) is 12.4. The lowest BCUT2D eigenvalue weighted by Gasteiger charge is -2.19. The van der Waals surface area contributed by atoms with Crippen molar-refractivity contribution in [1.29, 1.82) is 0 Å². The first-order valence-corrected chi connectivity index (χ1v) is 8.85. The van der Waals surface area contributed by atoms with Crippen LogP contribution in [0.2, 0.25) is 10.0 Å². The number of halogens is 2. The second-order valence-corrected chi connectivity index (χ2v) is 6.87. The van der Waals surface area contributed by atoms with Gasteiger partial charge in [-0.25, -0.2) is 4.79 Å². The number of hydrogen-bond donors (Lipinski definition) is 1. The Morgan fingerprint density at radius 3 is 2.18 bits per heavy atom. The summed E-state index contributed by atoms with van der Waals surface area (Å²) in [6.07, 6.45) is 0. The second kappa shape index (κ2) is 6.78. The first-order valence-electron chi connectivity index (χ1n) is 8.10. The monoisotopic (exact) mass is 412 g/mol. The Balaban J connectivity index is 1.73. The number of phenolic OH excluding ortho intramolecular Hbond substituents is 1. The van der Waals surface area contributed by atoms with Crippen LogP contribution in [-0.2, 0) is 0 Å². The van der Waals surface area contributed by atoms with E-state index in [2.05, 4.69) is 0 Å². The van der Waals surface area contributed by atoms with Crippen LogP contribution in [0.15, 0.2) is 54.6 Å². The highest BCUT2D eigenvalue weighted by Crippen LogP contribution is 2.39. The SMILES string of the molecule is O=C(Oc1ccc2c(c1O)C(=O)c1ccccc1C2=O)c1ccc(Cl)c(Cl)c1. The Labute approximate surface area is 169 Å². The van der Waals surface area contributed by atoms with E-state index in [4.69, 9.17) is 27.9 Å². The molecule has 1 N–H and O–H groups in total. The summed E-state index contributed by atoms with van der Waals surface area (Å²) in [5, 5.41) is 11.0. The number of ether oxygens (including phenoxy) is 1.